The lowest BCUT2D eigenvalue weighted by Crippen LogP contribution is -2.17. The summed E-state index contributed by atoms with van der Waals surface area (Å²) in [6, 6.07) is 8.57. The van der Waals surface area contributed by atoms with Gasteiger partial charge in [0, 0.05) is 24.2 Å². The summed E-state index contributed by atoms with van der Waals surface area (Å²) >= 11 is 0. The normalized spacial score (nSPS) is 20.5. The molecule has 0 saturated heterocycles. The van der Waals surface area contributed by atoms with Crippen LogP contribution in [-0.2, 0) is 0 Å². The van der Waals surface area contributed by atoms with Crippen LogP contribution in [0.3, 0.4) is 0 Å². The molecule has 1 saturated carbocycles. The number of anilines is 2. The standard InChI is InChI=1S/C18H21N7/c1-12-10-17(24-23-12)21-16-7-6-15-18(22-16)25(11-20-15)14-4-2-13(3-5-14)8-9-19/h6-7,10-11,13-14H,2-5,8H2,1H3,(H2,21,22,23,24). The van der Waals surface area contributed by atoms with E-state index >= 15 is 0 Å². The van der Waals surface area contributed by atoms with Gasteiger partial charge in [-0.25, -0.2) is 9.97 Å². The highest BCUT2D eigenvalue weighted by molar-refractivity contribution is 5.74. The molecule has 4 rings (SSSR count). The van der Waals surface area contributed by atoms with Crippen LogP contribution in [0.25, 0.3) is 11.2 Å². The lowest BCUT2D eigenvalue weighted by molar-refractivity contribution is 0.281. The Balaban J connectivity index is 1.56. The highest BCUT2D eigenvalue weighted by Gasteiger charge is 2.23. The number of fused-ring (bicyclic) bond motifs is 1. The number of hydrogen-bond acceptors (Lipinski definition) is 5. The molecule has 7 nitrogen and oxygen atoms in total. The van der Waals surface area contributed by atoms with Gasteiger partial charge in [0.05, 0.1) is 12.4 Å². The molecular formula is C18H21N7. The SMILES string of the molecule is Cc1cc(Nc2ccc3ncn(C4CCC(CC#N)CC4)c3n2)n[nH]1. The number of aromatic nitrogens is 5. The Hall–Kier alpha value is -2.88. The molecule has 0 aliphatic heterocycles. The first-order valence-electron chi connectivity index (χ1n) is 8.72. The first-order valence-corrected chi connectivity index (χ1v) is 8.72. The number of imidazole rings is 1. The van der Waals surface area contributed by atoms with Crippen molar-refractivity contribution in [3.05, 3.63) is 30.2 Å². The Kier molecular flexibility index (Phi) is 4.10. The molecule has 0 bridgehead atoms. The summed E-state index contributed by atoms with van der Waals surface area (Å²) in [5.41, 5.74) is 2.81. The van der Waals surface area contributed by atoms with Gasteiger partial charge in [0.25, 0.3) is 0 Å². The summed E-state index contributed by atoms with van der Waals surface area (Å²) < 4.78 is 2.19. The Morgan fingerprint density at radius 1 is 1.28 bits per heavy atom. The Morgan fingerprint density at radius 2 is 2.12 bits per heavy atom. The van der Waals surface area contributed by atoms with E-state index in [0.717, 1.165) is 54.2 Å². The second-order valence-corrected chi connectivity index (χ2v) is 6.79. The number of hydrogen-bond donors (Lipinski definition) is 2. The zero-order chi connectivity index (χ0) is 17.2. The summed E-state index contributed by atoms with van der Waals surface area (Å²) in [4.78, 5) is 9.25. The molecule has 128 valence electrons. The molecule has 3 heterocycles. The number of nitrogens with zero attached hydrogens (tertiary/aromatic N) is 5. The van der Waals surface area contributed by atoms with Crippen LogP contribution >= 0.6 is 0 Å². The van der Waals surface area contributed by atoms with Crippen LogP contribution in [0.4, 0.5) is 11.6 Å². The van der Waals surface area contributed by atoms with Gasteiger partial charge in [0.15, 0.2) is 11.5 Å². The van der Waals surface area contributed by atoms with Gasteiger partial charge in [-0.3, -0.25) is 5.10 Å². The van der Waals surface area contributed by atoms with E-state index in [-0.39, 0.29) is 0 Å². The van der Waals surface area contributed by atoms with Crippen molar-refractivity contribution in [3.63, 3.8) is 0 Å². The maximum absolute atomic E-state index is 8.87. The number of nitrogens with one attached hydrogen (secondary N) is 2. The van der Waals surface area contributed by atoms with Gasteiger partial charge in [-0.05, 0) is 50.7 Å². The lowest BCUT2D eigenvalue weighted by atomic mass is 9.84. The van der Waals surface area contributed by atoms with Crippen LogP contribution < -0.4 is 5.32 Å². The molecule has 0 atom stereocenters. The zero-order valence-electron chi connectivity index (χ0n) is 14.2. The molecule has 0 spiro atoms. The summed E-state index contributed by atoms with van der Waals surface area (Å²) in [7, 11) is 0. The average molecular weight is 335 g/mol. The quantitative estimate of drug-likeness (QED) is 0.755. The monoisotopic (exact) mass is 335 g/mol. The number of rotatable bonds is 4. The van der Waals surface area contributed by atoms with Crippen molar-refractivity contribution in [1.82, 2.24) is 24.7 Å². The minimum atomic E-state index is 0.412. The number of pyridine rings is 1. The Labute approximate surface area is 146 Å². The van der Waals surface area contributed by atoms with E-state index in [1.807, 2.05) is 31.5 Å². The summed E-state index contributed by atoms with van der Waals surface area (Å²) in [6.45, 7) is 1.96. The second kappa shape index (κ2) is 6.55. The third-order valence-electron chi connectivity index (χ3n) is 4.97. The highest BCUT2D eigenvalue weighted by atomic mass is 15.2. The fourth-order valence-corrected chi connectivity index (χ4v) is 3.62. The minimum Gasteiger partial charge on any atom is -0.323 e. The van der Waals surface area contributed by atoms with E-state index in [1.54, 1.807) is 0 Å². The van der Waals surface area contributed by atoms with E-state index in [1.165, 1.54) is 0 Å². The van der Waals surface area contributed by atoms with E-state index < -0.39 is 0 Å². The summed E-state index contributed by atoms with van der Waals surface area (Å²) in [5, 5.41) is 19.2. The third-order valence-corrected chi connectivity index (χ3v) is 4.97. The van der Waals surface area contributed by atoms with Crippen molar-refractivity contribution in [2.24, 2.45) is 5.92 Å². The van der Waals surface area contributed by atoms with Gasteiger partial charge in [-0.15, -0.1) is 0 Å². The number of aryl methyl sites for hydroxylation is 1. The lowest BCUT2D eigenvalue weighted by Gasteiger charge is -2.28. The molecule has 1 aliphatic rings. The minimum absolute atomic E-state index is 0.412. The maximum Gasteiger partial charge on any atom is 0.162 e. The number of H-pyrrole nitrogens is 1. The van der Waals surface area contributed by atoms with Gasteiger partial charge in [0.2, 0.25) is 0 Å². The largest absolute Gasteiger partial charge is 0.323 e. The van der Waals surface area contributed by atoms with Gasteiger partial charge < -0.3 is 9.88 Å². The van der Waals surface area contributed by atoms with Crippen molar-refractivity contribution >= 4 is 22.8 Å². The summed E-state index contributed by atoms with van der Waals surface area (Å²) in [5.74, 6) is 2.07. The predicted octanol–water partition coefficient (Wildman–Crippen LogP) is 3.85. The van der Waals surface area contributed by atoms with Gasteiger partial charge in [-0.2, -0.15) is 10.4 Å². The van der Waals surface area contributed by atoms with E-state index in [0.29, 0.717) is 18.4 Å². The molecule has 0 aromatic carbocycles. The van der Waals surface area contributed by atoms with Crippen LogP contribution in [0.1, 0.15) is 43.8 Å². The summed E-state index contributed by atoms with van der Waals surface area (Å²) in [6.07, 6.45) is 6.93. The second-order valence-electron chi connectivity index (χ2n) is 6.79. The molecule has 0 amide bonds. The molecular weight excluding hydrogens is 314 g/mol. The van der Waals surface area contributed by atoms with Crippen LogP contribution in [0.15, 0.2) is 24.5 Å². The smallest absolute Gasteiger partial charge is 0.162 e. The van der Waals surface area contributed by atoms with Crippen LogP contribution in [-0.4, -0.2) is 24.7 Å². The fraction of sp³-hybridized carbons (Fsp3) is 0.444. The average Bonchev–Trinajstić information content (AvgIpc) is 3.22. The molecule has 1 aliphatic carbocycles. The van der Waals surface area contributed by atoms with Crippen LogP contribution in [0.5, 0.6) is 0 Å². The molecule has 2 N–H and O–H groups in total. The van der Waals surface area contributed by atoms with E-state index in [9.17, 15) is 0 Å². The van der Waals surface area contributed by atoms with Crippen molar-refractivity contribution in [2.45, 2.75) is 45.1 Å². The van der Waals surface area contributed by atoms with E-state index in [2.05, 4.69) is 31.1 Å². The third kappa shape index (κ3) is 3.20. The van der Waals surface area contributed by atoms with Gasteiger partial charge >= 0.3 is 0 Å². The van der Waals surface area contributed by atoms with Crippen LogP contribution in [0, 0.1) is 24.2 Å². The fourth-order valence-electron chi connectivity index (χ4n) is 3.62. The molecule has 0 unspecified atom stereocenters. The molecule has 1 fully saturated rings. The van der Waals surface area contributed by atoms with E-state index in [4.69, 9.17) is 10.2 Å². The first kappa shape index (κ1) is 15.6. The van der Waals surface area contributed by atoms with Crippen molar-refractivity contribution < 1.29 is 0 Å². The topological polar surface area (TPSA) is 95.2 Å². The molecule has 0 radical (unpaired) electrons. The van der Waals surface area contributed by atoms with Crippen molar-refractivity contribution in [3.8, 4) is 6.07 Å². The Bertz CT molecular complexity index is 909. The maximum atomic E-state index is 8.87. The number of aromatic amines is 1. The van der Waals surface area contributed by atoms with Crippen molar-refractivity contribution in [2.75, 3.05) is 5.32 Å². The zero-order valence-corrected chi connectivity index (χ0v) is 14.2. The molecule has 25 heavy (non-hydrogen) atoms. The molecule has 3 aromatic rings. The van der Waals surface area contributed by atoms with Crippen LogP contribution in [0.2, 0.25) is 0 Å². The highest BCUT2D eigenvalue weighted by Crippen LogP contribution is 2.35. The van der Waals surface area contributed by atoms with Gasteiger partial charge in [0.1, 0.15) is 11.3 Å². The number of nitriles is 1. The molecule has 7 heteroatoms. The first-order chi connectivity index (χ1) is 12.2. The van der Waals surface area contributed by atoms with Gasteiger partial charge in [-0.1, -0.05) is 0 Å². The molecule has 3 aromatic heterocycles. The Morgan fingerprint density at radius 3 is 2.84 bits per heavy atom. The predicted molar refractivity (Wildman–Crippen MR) is 95.4 cm³/mol. The van der Waals surface area contributed by atoms with Crippen molar-refractivity contribution in [1.29, 1.82) is 5.26 Å².